The van der Waals surface area contributed by atoms with Gasteiger partial charge in [-0.1, -0.05) is 12.1 Å². The molecular formula is C14H21N3O4. The van der Waals surface area contributed by atoms with Gasteiger partial charge in [0.1, 0.15) is 11.3 Å². The lowest BCUT2D eigenvalue weighted by molar-refractivity contribution is -0.384. The summed E-state index contributed by atoms with van der Waals surface area (Å²) in [5.74, 6) is 0. The summed E-state index contributed by atoms with van der Waals surface area (Å²) >= 11 is 0. The average Bonchev–Trinajstić information content (AvgIpc) is 2.33. The molecule has 0 atom stereocenters. The van der Waals surface area contributed by atoms with Gasteiger partial charge in [0.2, 0.25) is 0 Å². The third-order valence-corrected chi connectivity index (χ3v) is 2.54. The first-order valence-corrected chi connectivity index (χ1v) is 6.65. The summed E-state index contributed by atoms with van der Waals surface area (Å²) < 4.78 is 5.09. The highest BCUT2D eigenvalue weighted by atomic mass is 16.6. The first-order chi connectivity index (χ1) is 9.70. The first-order valence-electron chi connectivity index (χ1n) is 6.65. The number of ether oxygens (including phenoxy) is 1. The third kappa shape index (κ3) is 5.68. The molecule has 0 unspecified atom stereocenters. The molecule has 1 aromatic rings. The quantitative estimate of drug-likeness (QED) is 0.495. The molecule has 7 nitrogen and oxygen atoms in total. The lowest BCUT2D eigenvalue weighted by Crippen LogP contribution is -2.35. The molecule has 1 amide bonds. The molecular weight excluding hydrogens is 274 g/mol. The molecule has 116 valence electrons. The van der Waals surface area contributed by atoms with Crippen LogP contribution in [0.15, 0.2) is 18.2 Å². The number of carbonyl (C=O) groups is 1. The summed E-state index contributed by atoms with van der Waals surface area (Å²) in [4.78, 5) is 22.0. The summed E-state index contributed by atoms with van der Waals surface area (Å²) in [5, 5.41) is 16.5. The Labute approximate surface area is 123 Å². The van der Waals surface area contributed by atoms with Crippen molar-refractivity contribution in [1.29, 1.82) is 0 Å². The van der Waals surface area contributed by atoms with E-state index in [4.69, 9.17) is 4.74 Å². The number of anilines is 1. The molecule has 0 saturated heterocycles. The second kappa shape index (κ2) is 6.92. The number of carbonyl (C=O) groups excluding carboxylic acids is 1. The fourth-order valence-electron chi connectivity index (χ4n) is 1.70. The molecule has 1 aromatic carbocycles. The normalized spacial score (nSPS) is 10.9. The minimum atomic E-state index is -0.549. The number of amides is 1. The number of para-hydroxylation sites is 1. The third-order valence-electron chi connectivity index (χ3n) is 2.54. The van der Waals surface area contributed by atoms with Crippen LogP contribution < -0.4 is 10.6 Å². The van der Waals surface area contributed by atoms with Gasteiger partial charge in [-0.2, -0.15) is 0 Å². The average molecular weight is 295 g/mol. The van der Waals surface area contributed by atoms with Crippen molar-refractivity contribution in [3.63, 3.8) is 0 Å². The van der Waals surface area contributed by atoms with Crippen molar-refractivity contribution in [2.24, 2.45) is 0 Å². The van der Waals surface area contributed by atoms with Gasteiger partial charge in [0, 0.05) is 19.2 Å². The number of nitrogens with zero attached hydrogens (tertiary/aromatic N) is 1. The fraction of sp³-hybridized carbons (Fsp3) is 0.500. The molecule has 0 heterocycles. The number of nitrogens with one attached hydrogen (secondary N) is 2. The van der Waals surface area contributed by atoms with E-state index in [1.165, 1.54) is 6.07 Å². The van der Waals surface area contributed by atoms with Crippen LogP contribution in [-0.2, 0) is 4.74 Å². The van der Waals surface area contributed by atoms with Crippen LogP contribution in [0.3, 0.4) is 0 Å². The Hall–Kier alpha value is -2.31. The van der Waals surface area contributed by atoms with E-state index in [1.807, 2.05) is 0 Å². The molecule has 0 saturated carbocycles. The Morgan fingerprint density at radius 3 is 2.57 bits per heavy atom. The molecule has 0 spiro atoms. The first kappa shape index (κ1) is 16.7. The summed E-state index contributed by atoms with van der Waals surface area (Å²) in [6.07, 6.45) is -0.511. The predicted molar refractivity (Wildman–Crippen MR) is 80.6 cm³/mol. The zero-order valence-electron chi connectivity index (χ0n) is 12.7. The van der Waals surface area contributed by atoms with Gasteiger partial charge in [0.25, 0.3) is 5.69 Å². The molecule has 1 rings (SSSR count). The van der Waals surface area contributed by atoms with Crippen molar-refractivity contribution < 1.29 is 14.5 Å². The van der Waals surface area contributed by atoms with Crippen LogP contribution in [0.2, 0.25) is 0 Å². The lowest BCUT2D eigenvalue weighted by Gasteiger charge is -2.19. The molecule has 7 heteroatoms. The van der Waals surface area contributed by atoms with Crippen LogP contribution in [0.5, 0.6) is 0 Å². The maximum absolute atomic E-state index is 11.4. The number of alkyl carbamates (subject to hydrolysis) is 1. The fourth-order valence-corrected chi connectivity index (χ4v) is 1.70. The maximum atomic E-state index is 11.4. The number of rotatable bonds is 5. The van der Waals surface area contributed by atoms with E-state index in [1.54, 1.807) is 39.8 Å². The summed E-state index contributed by atoms with van der Waals surface area (Å²) in [5.41, 5.74) is 0.717. The largest absolute Gasteiger partial charge is 0.444 e. The van der Waals surface area contributed by atoms with Crippen LogP contribution in [0.1, 0.15) is 26.3 Å². The van der Waals surface area contributed by atoms with Gasteiger partial charge in [-0.25, -0.2) is 4.79 Å². The predicted octanol–water partition coefficient (Wildman–Crippen LogP) is 2.84. The van der Waals surface area contributed by atoms with Gasteiger partial charge in [-0.05, 0) is 33.3 Å². The van der Waals surface area contributed by atoms with Crippen molar-refractivity contribution in [3.05, 3.63) is 33.9 Å². The van der Waals surface area contributed by atoms with Crippen LogP contribution in [-0.4, -0.2) is 29.7 Å². The molecule has 2 N–H and O–H groups in total. The number of nitro benzene ring substituents is 1. The van der Waals surface area contributed by atoms with Gasteiger partial charge in [-0.15, -0.1) is 0 Å². The summed E-state index contributed by atoms with van der Waals surface area (Å²) in [6.45, 7) is 7.80. The highest BCUT2D eigenvalue weighted by molar-refractivity contribution is 5.68. The highest BCUT2D eigenvalue weighted by Gasteiger charge is 2.16. The molecule has 0 fully saturated rings. The van der Waals surface area contributed by atoms with Crippen molar-refractivity contribution in [2.45, 2.75) is 33.3 Å². The molecule has 0 bridgehead atoms. The van der Waals surface area contributed by atoms with E-state index in [9.17, 15) is 14.9 Å². The second-order valence-electron chi connectivity index (χ2n) is 5.58. The molecule has 0 aliphatic heterocycles. The Bertz CT molecular complexity index is 523. The topological polar surface area (TPSA) is 93.5 Å². The standard InChI is InChI=1S/C14H21N3O4/c1-10-6-5-7-11(17(19)20)12(10)15-8-9-16-13(18)21-14(2,3)4/h5-7,15H,8-9H2,1-4H3,(H,16,18). The molecule has 21 heavy (non-hydrogen) atoms. The van der Waals surface area contributed by atoms with Crippen molar-refractivity contribution in [1.82, 2.24) is 5.32 Å². The summed E-state index contributed by atoms with van der Waals surface area (Å²) in [6, 6.07) is 4.87. The minimum absolute atomic E-state index is 0.0206. The van der Waals surface area contributed by atoms with Gasteiger partial charge in [-0.3, -0.25) is 10.1 Å². The van der Waals surface area contributed by atoms with Gasteiger partial charge in [0.05, 0.1) is 4.92 Å². The minimum Gasteiger partial charge on any atom is -0.444 e. The summed E-state index contributed by atoms with van der Waals surface area (Å²) in [7, 11) is 0. The SMILES string of the molecule is Cc1cccc([N+](=O)[O-])c1NCCNC(=O)OC(C)(C)C. The Kier molecular flexibility index (Phi) is 5.52. The van der Waals surface area contributed by atoms with E-state index < -0.39 is 16.6 Å². The lowest BCUT2D eigenvalue weighted by atomic mass is 10.1. The molecule has 0 aliphatic rings. The number of nitro groups is 1. The van der Waals surface area contributed by atoms with E-state index >= 15 is 0 Å². The van der Waals surface area contributed by atoms with Crippen LogP contribution >= 0.6 is 0 Å². The van der Waals surface area contributed by atoms with Crippen LogP contribution in [0.4, 0.5) is 16.2 Å². The molecule has 0 aromatic heterocycles. The van der Waals surface area contributed by atoms with Gasteiger partial charge in [0.15, 0.2) is 0 Å². The van der Waals surface area contributed by atoms with Crippen LogP contribution in [0.25, 0.3) is 0 Å². The Balaban J connectivity index is 2.50. The van der Waals surface area contributed by atoms with Crippen molar-refractivity contribution in [3.8, 4) is 0 Å². The van der Waals surface area contributed by atoms with E-state index in [-0.39, 0.29) is 5.69 Å². The van der Waals surface area contributed by atoms with Crippen LogP contribution in [0, 0.1) is 17.0 Å². The molecule has 0 aliphatic carbocycles. The highest BCUT2D eigenvalue weighted by Crippen LogP contribution is 2.27. The van der Waals surface area contributed by atoms with E-state index in [2.05, 4.69) is 10.6 Å². The number of hydrogen-bond acceptors (Lipinski definition) is 5. The number of benzene rings is 1. The number of aryl methyl sites for hydroxylation is 1. The Morgan fingerprint density at radius 1 is 1.33 bits per heavy atom. The van der Waals surface area contributed by atoms with Gasteiger partial charge >= 0.3 is 6.09 Å². The van der Waals surface area contributed by atoms with Gasteiger partial charge < -0.3 is 15.4 Å². The van der Waals surface area contributed by atoms with E-state index in [0.717, 1.165) is 5.56 Å². The smallest absolute Gasteiger partial charge is 0.407 e. The second-order valence-corrected chi connectivity index (χ2v) is 5.58. The molecule has 0 radical (unpaired) electrons. The maximum Gasteiger partial charge on any atom is 0.407 e. The van der Waals surface area contributed by atoms with Crippen molar-refractivity contribution in [2.75, 3.05) is 18.4 Å². The van der Waals surface area contributed by atoms with Crippen molar-refractivity contribution >= 4 is 17.5 Å². The number of hydrogen-bond donors (Lipinski definition) is 2. The zero-order chi connectivity index (χ0) is 16.0. The monoisotopic (exact) mass is 295 g/mol. The van der Waals surface area contributed by atoms with E-state index in [0.29, 0.717) is 18.8 Å². The zero-order valence-corrected chi connectivity index (χ0v) is 12.7. The Morgan fingerprint density at radius 2 is 2.00 bits per heavy atom.